The van der Waals surface area contributed by atoms with Crippen LogP contribution in [-0.2, 0) is 9.53 Å². The van der Waals surface area contributed by atoms with Crippen LogP contribution in [0.5, 0.6) is 0 Å². The van der Waals surface area contributed by atoms with Crippen LogP contribution in [0, 0.1) is 0 Å². The molecule has 1 aromatic carbocycles. The van der Waals surface area contributed by atoms with Gasteiger partial charge in [-0.25, -0.2) is 0 Å². The fourth-order valence-corrected chi connectivity index (χ4v) is 2.92. The Morgan fingerprint density at radius 1 is 1.39 bits per heavy atom. The van der Waals surface area contributed by atoms with Crippen molar-refractivity contribution in [3.63, 3.8) is 0 Å². The molecule has 1 aromatic rings. The zero-order valence-electron chi connectivity index (χ0n) is 13.2. The van der Waals surface area contributed by atoms with E-state index < -0.39 is 0 Å². The number of amides is 1. The highest BCUT2D eigenvalue weighted by Gasteiger charge is 2.18. The number of carbonyl (C=O) groups excluding carboxylic acids is 1. The molecule has 0 saturated carbocycles. The van der Waals surface area contributed by atoms with Gasteiger partial charge in [0, 0.05) is 19.5 Å². The average Bonchev–Trinajstić information content (AvgIpc) is 2.53. The normalized spacial score (nSPS) is 14.4. The fourth-order valence-electron chi connectivity index (χ4n) is 2.40. The Labute approximate surface area is 147 Å². The smallest absolute Gasteiger partial charge is 0.226 e. The number of nitrogens with one attached hydrogen (secondary N) is 2. The molecule has 0 radical (unpaired) electrons. The van der Waals surface area contributed by atoms with Crippen LogP contribution in [0.2, 0.25) is 5.02 Å². The highest BCUT2D eigenvalue weighted by atomic mass is 35.5. The van der Waals surface area contributed by atoms with Crippen molar-refractivity contribution in [2.75, 3.05) is 36.5 Å². The second-order valence-electron chi connectivity index (χ2n) is 5.34. The molecule has 1 fully saturated rings. The molecule has 2 N–H and O–H groups in total. The monoisotopic (exact) mass is 355 g/mol. The zero-order chi connectivity index (χ0) is 16.7. The lowest BCUT2D eigenvalue weighted by molar-refractivity contribution is -0.119. The number of ether oxygens (including phenoxy) is 1. The Morgan fingerprint density at radius 3 is 2.83 bits per heavy atom. The quantitative estimate of drug-likeness (QED) is 0.794. The fraction of sp³-hybridized carbons (Fsp3) is 0.500. The van der Waals surface area contributed by atoms with E-state index in [-0.39, 0.29) is 5.91 Å². The van der Waals surface area contributed by atoms with Crippen LogP contribution >= 0.6 is 23.8 Å². The van der Waals surface area contributed by atoms with Crippen molar-refractivity contribution in [1.82, 2.24) is 5.32 Å². The highest BCUT2D eigenvalue weighted by molar-refractivity contribution is 7.80. The zero-order valence-corrected chi connectivity index (χ0v) is 14.8. The third-order valence-electron chi connectivity index (χ3n) is 3.57. The van der Waals surface area contributed by atoms with E-state index in [9.17, 15) is 4.79 Å². The van der Waals surface area contributed by atoms with Gasteiger partial charge in [-0.1, -0.05) is 31.0 Å². The lowest BCUT2D eigenvalue weighted by Crippen LogP contribution is -2.38. The predicted molar refractivity (Wildman–Crippen MR) is 98.4 cm³/mol. The van der Waals surface area contributed by atoms with Gasteiger partial charge in [-0.2, -0.15) is 0 Å². The van der Waals surface area contributed by atoms with Gasteiger partial charge < -0.3 is 20.3 Å². The third kappa shape index (κ3) is 5.34. The van der Waals surface area contributed by atoms with Crippen LogP contribution in [0.15, 0.2) is 18.2 Å². The summed E-state index contributed by atoms with van der Waals surface area (Å²) in [6.07, 6.45) is 2.30. The van der Waals surface area contributed by atoms with E-state index in [2.05, 4.69) is 15.5 Å². The first-order chi connectivity index (χ1) is 11.1. The molecule has 1 saturated heterocycles. The Bertz CT molecular complexity index is 562. The maximum atomic E-state index is 11.8. The molecule has 0 spiro atoms. The summed E-state index contributed by atoms with van der Waals surface area (Å²) in [6, 6.07) is 5.61. The number of carbonyl (C=O) groups is 1. The standard InChI is InChI=1S/C16H22ClN3O2S/c1-2-3-7-14(21)19-16(23)18-13-6-4-5-12(17)15(13)20-8-10-22-11-9-20/h4-6H,2-3,7-11H2,1H3,(H2,18,19,21,23). The van der Waals surface area contributed by atoms with Gasteiger partial charge in [-0.05, 0) is 30.8 Å². The van der Waals surface area contributed by atoms with Crippen LogP contribution < -0.4 is 15.5 Å². The molecule has 0 atom stereocenters. The van der Waals surface area contributed by atoms with E-state index in [1.807, 2.05) is 25.1 Å². The summed E-state index contributed by atoms with van der Waals surface area (Å²) in [5.74, 6) is -0.0701. The Hall–Kier alpha value is -1.37. The molecule has 0 aliphatic carbocycles. The summed E-state index contributed by atoms with van der Waals surface area (Å²) >= 11 is 11.6. The molecule has 0 bridgehead atoms. The number of benzene rings is 1. The van der Waals surface area contributed by atoms with Gasteiger partial charge in [0.2, 0.25) is 5.91 Å². The minimum absolute atomic E-state index is 0.0701. The molecule has 1 aliphatic heterocycles. The summed E-state index contributed by atoms with van der Waals surface area (Å²) in [4.78, 5) is 13.9. The average molecular weight is 356 g/mol. The number of halogens is 1. The van der Waals surface area contributed by atoms with Crippen molar-refractivity contribution in [3.05, 3.63) is 23.2 Å². The molecule has 5 nitrogen and oxygen atoms in total. The molecular formula is C16H22ClN3O2S. The van der Waals surface area contributed by atoms with Gasteiger partial charge in [0.05, 0.1) is 29.6 Å². The van der Waals surface area contributed by atoms with Crippen LogP contribution in [-0.4, -0.2) is 37.3 Å². The number of anilines is 2. The van der Waals surface area contributed by atoms with Crippen LogP contribution in [0.3, 0.4) is 0 Å². The van der Waals surface area contributed by atoms with E-state index >= 15 is 0 Å². The SMILES string of the molecule is CCCCC(=O)NC(=S)Nc1cccc(Cl)c1N1CCOCC1. The summed E-state index contributed by atoms with van der Waals surface area (Å²) in [6.45, 7) is 4.93. The minimum atomic E-state index is -0.0701. The molecule has 1 amide bonds. The van der Waals surface area contributed by atoms with Gasteiger partial charge in [0.15, 0.2) is 5.11 Å². The summed E-state index contributed by atoms with van der Waals surface area (Å²) in [5.41, 5.74) is 1.68. The first-order valence-corrected chi connectivity index (χ1v) is 8.62. The van der Waals surface area contributed by atoms with Crippen molar-refractivity contribution in [1.29, 1.82) is 0 Å². The van der Waals surface area contributed by atoms with E-state index in [1.54, 1.807) is 0 Å². The number of nitrogens with zero attached hydrogens (tertiary/aromatic N) is 1. The van der Waals surface area contributed by atoms with Crippen molar-refractivity contribution in [3.8, 4) is 0 Å². The lowest BCUT2D eigenvalue weighted by Gasteiger charge is -2.31. The number of unbranched alkanes of at least 4 members (excludes halogenated alkanes) is 1. The Morgan fingerprint density at radius 2 is 2.13 bits per heavy atom. The number of thiocarbonyl (C=S) groups is 1. The highest BCUT2D eigenvalue weighted by Crippen LogP contribution is 2.34. The molecule has 1 aliphatic rings. The molecule has 2 rings (SSSR count). The van der Waals surface area contributed by atoms with E-state index in [1.165, 1.54) is 0 Å². The van der Waals surface area contributed by atoms with E-state index in [4.69, 9.17) is 28.6 Å². The molecular weight excluding hydrogens is 334 g/mol. The minimum Gasteiger partial charge on any atom is -0.378 e. The topological polar surface area (TPSA) is 53.6 Å². The van der Waals surface area contributed by atoms with Crippen molar-refractivity contribution >= 4 is 46.2 Å². The van der Waals surface area contributed by atoms with Crippen LogP contribution in [0.25, 0.3) is 0 Å². The van der Waals surface area contributed by atoms with Gasteiger partial charge >= 0.3 is 0 Å². The van der Waals surface area contributed by atoms with Crippen molar-refractivity contribution < 1.29 is 9.53 Å². The Kier molecular flexibility index (Phi) is 7.08. The summed E-state index contributed by atoms with van der Waals surface area (Å²) in [5, 5.41) is 6.74. The second kappa shape index (κ2) is 9.05. The predicted octanol–water partition coefficient (Wildman–Crippen LogP) is 3.18. The molecule has 126 valence electrons. The largest absolute Gasteiger partial charge is 0.378 e. The number of morpholine rings is 1. The second-order valence-corrected chi connectivity index (χ2v) is 6.16. The molecule has 0 unspecified atom stereocenters. The van der Waals surface area contributed by atoms with E-state index in [0.29, 0.717) is 29.8 Å². The lowest BCUT2D eigenvalue weighted by atomic mass is 10.2. The number of hydrogen-bond acceptors (Lipinski definition) is 4. The van der Waals surface area contributed by atoms with Gasteiger partial charge in [0.25, 0.3) is 0 Å². The van der Waals surface area contributed by atoms with Gasteiger partial charge in [0.1, 0.15) is 0 Å². The summed E-state index contributed by atoms with van der Waals surface area (Å²) < 4.78 is 5.38. The Balaban J connectivity index is 2.05. The molecule has 0 aromatic heterocycles. The number of hydrogen-bond donors (Lipinski definition) is 2. The molecule has 23 heavy (non-hydrogen) atoms. The molecule has 7 heteroatoms. The number of para-hydroxylation sites is 1. The maximum Gasteiger partial charge on any atom is 0.226 e. The summed E-state index contributed by atoms with van der Waals surface area (Å²) in [7, 11) is 0. The third-order valence-corrected chi connectivity index (χ3v) is 4.08. The molecule has 1 heterocycles. The van der Waals surface area contributed by atoms with Gasteiger partial charge in [-0.3, -0.25) is 4.79 Å². The maximum absolute atomic E-state index is 11.8. The first kappa shape index (κ1) is 18.0. The van der Waals surface area contributed by atoms with E-state index in [0.717, 1.165) is 37.3 Å². The van der Waals surface area contributed by atoms with Crippen LogP contribution in [0.4, 0.5) is 11.4 Å². The number of rotatable bonds is 5. The van der Waals surface area contributed by atoms with Crippen molar-refractivity contribution in [2.24, 2.45) is 0 Å². The van der Waals surface area contributed by atoms with Crippen LogP contribution in [0.1, 0.15) is 26.2 Å². The van der Waals surface area contributed by atoms with Gasteiger partial charge in [-0.15, -0.1) is 0 Å². The van der Waals surface area contributed by atoms with Crippen molar-refractivity contribution in [2.45, 2.75) is 26.2 Å². The first-order valence-electron chi connectivity index (χ1n) is 7.84.